The molecule has 1 amide bonds. The minimum atomic E-state index is -0.251. The zero-order chi connectivity index (χ0) is 22.2. The van der Waals surface area contributed by atoms with Gasteiger partial charge < -0.3 is 15.0 Å². The normalized spacial score (nSPS) is 15.8. The lowest BCUT2D eigenvalue weighted by atomic mass is 9.96. The maximum Gasteiger partial charge on any atom is 0.265 e. The Hall–Kier alpha value is -2.03. The van der Waals surface area contributed by atoms with Crippen molar-refractivity contribution in [3.05, 3.63) is 34.6 Å². The van der Waals surface area contributed by atoms with Crippen LogP contribution in [0.2, 0.25) is 0 Å². The van der Waals surface area contributed by atoms with Crippen LogP contribution in [0.4, 0.5) is 4.39 Å². The number of nitrogens with one attached hydrogen (secondary N) is 1. The molecule has 4 rings (SSSR count). The van der Waals surface area contributed by atoms with Crippen LogP contribution in [0.5, 0.6) is 0 Å². The van der Waals surface area contributed by atoms with Crippen molar-refractivity contribution in [1.29, 1.82) is 0 Å². The van der Waals surface area contributed by atoms with E-state index in [-0.39, 0.29) is 17.1 Å². The van der Waals surface area contributed by atoms with E-state index in [1.54, 1.807) is 4.90 Å². The molecule has 1 fully saturated rings. The Morgan fingerprint density at radius 2 is 2.10 bits per heavy atom. The van der Waals surface area contributed by atoms with Crippen molar-refractivity contribution >= 4 is 33.2 Å². The minimum Gasteiger partial charge on any atom is -0.381 e. The zero-order valence-electron chi connectivity index (χ0n) is 18.7. The summed E-state index contributed by atoms with van der Waals surface area (Å²) < 4.78 is 21.9. The average Bonchev–Trinajstić information content (AvgIpc) is 3.25. The molecule has 3 heterocycles. The first-order valence-electron chi connectivity index (χ1n) is 10.9. The highest BCUT2D eigenvalue weighted by molar-refractivity contribution is 7.18. The van der Waals surface area contributed by atoms with Crippen LogP contribution in [0.1, 0.15) is 48.8 Å². The molecule has 31 heavy (non-hydrogen) atoms. The fourth-order valence-corrected chi connectivity index (χ4v) is 5.13. The zero-order valence-corrected chi connectivity index (χ0v) is 19.5. The maximum absolute atomic E-state index is 14.6. The predicted molar refractivity (Wildman–Crippen MR) is 122 cm³/mol. The van der Waals surface area contributed by atoms with Gasteiger partial charge in [-0.1, -0.05) is 32.1 Å². The monoisotopic (exact) mass is 446 g/mol. The number of carbonyl (C=O) groups is 1. The summed E-state index contributed by atoms with van der Waals surface area (Å²) in [5, 5.41) is 3.39. The number of rotatable bonds is 6. The van der Waals surface area contributed by atoms with Crippen LogP contribution in [0, 0.1) is 17.2 Å². The summed E-state index contributed by atoms with van der Waals surface area (Å²) in [4.78, 5) is 20.5. The number of amides is 1. The third-order valence-corrected chi connectivity index (χ3v) is 6.60. The van der Waals surface area contributed by atoms with Crippen molar-refractivity contribution in [2.45, 2.75) is 40.2 Å². The highest BCUT2D eigenvalue weighted by Gasteiger charge is 2.22. The van der Waals surface area contributed by atoms with Gasteiger partial charge in [0, 0.05) is 51.2 Å². The van der Waals surface area contributed by atoms with Crippen LogP contribution in [0.15, 0.2) is 18.3 Å². The number of fused-ring (bicyclic) bond motifs is 3. The van der Waals surface area contributed by atoms with Gasteiger partial charge in [0.1, 0.15) is 10.7 Å². The Balaban J connectivity index is 1.53. The molecule has 3 aromatic rings. The molecule has 2 aromatic heterocycles. The molecule has 0 atom stereocenters. The number of hydrogen-bond donors (Lipinski definition) is 1. The number of halogens is 1. The summed E-state index contributed by atoms with van der Waals surface area (Å²) >= 11 is 1.34. The number of hydrogen-bond acceptors (Lipinski definition) is 5. The Labute approximate surface area is 186 Å². The molecule has 168 valence electrons. The smallest absolute Gasteiger partial charge is 0.265 e. The average molecular weight is 447 g/mol. The van der Waals surface area contributed by atoms with Crippen LogP contribution in [0.3, 0.4) is 0 Å². The molecule has 0 saturated carbocycles. The largest absolute Gasteiger partial charge is 0.381 e. The fraction of sp³-hybridized carbons (Fsp3) is 0.565. The van der Waals surface area contributed by atoms with Crippen molar-refractivity contribution in [2.75, 3.05) is 33.4 Å². The highest BCUT2D eigenvalue weighted by Crippen LogP contribution is 2.27. The van der Waals surface area contributed by atoms with Gasteiger partial charge in [0.2, 0.25) is 0 Å². The Bertz CT molecular complexity index is 1080. The lowest BCUT2D eigenvalue weighted by molar-refractivity contribution is 0.0662. The van der Waals surface area contributed by atoms with Gasteiger partial charge in [-0.25, -0.2) is 9.37 Å². The number of aromatic nitrogens is 2. The van der Waals surface area contributed by atoms with Crippen molar-refractivity contribution in [2.24, 2.45) is 11.3 Å². The second-order valence-corrected chi connectivity index (χ2v) is 10.7. The number of imidazole rings is 1. The van der Waals surface area contributed by atoms with Gasteiger partial charge in [-0.15, -0.1) is 0 Å². The highest BCUT2D eigenvalue weighted by atomic mass is 32.1. The van der Waals surface area contributed by atoms with Crippen molar-refractivity contribution < 1.29 is 13.9 Å². The molecule has 1 N–H and O–H groups in total. The lowest BCUT2D eigenvalue weighted by Crippen LogP contribution is -2.34. The topological polar surface area (TPSA) is 58.9 Å². The third kappa shape index (κ3) is 5.07. The number of nitrogens with zero attached hydrogens (tertiary/aromatic N) is 3. The van der Waals surface area contributed by atoms with Gasteiger partial charge >= 0.3 is 0 Å². The third-order valence-electron chi connectivity index (χ3n) is 5.63. The first kappa shape index (κ1) is 22.2. The van der Waals surface area contributed by atoms with Crippen LogP contribution in [-0.4, -0.2) is 53.5 Å². The number of thiazole rings is 1. The summed E-state index contributed by atoms with van der Waals surface area (Å²) in [6.07, 6.45) is 3.92. The second kappa shape index (κ2) is 8.84. The number of carbonyl (C=O) groups excluding carboxylic acids is 1. The van der Waals surface area contributed by atoms with Gasteiger partial charge in [0.05, 0.1) is 11.0 Å². The van der Waals surface area contributed by atoms with Gasteiger partial charge in [0.15, 0.2) is 4.96 Å². The van der Waals surface area contributed by atoms with E-state index in [0.717, 1.165) is 38.1 Å². The first-order chi connectivity index (χ1) is 14.7. The van der Waals surface area contributed by atoms with Gasteiger partial charge in [0.25, 0.3) is 5.91 Å². The molecule has 6 nitrogen and oxygen atoms in total. The fourth-order valence-electron chi connectivity index (χ4n) is 4.14. The van der Waals surface area contributed by atoms with Crippen LogP contribution in [0.25, 0.3) is 16.0 Å². The molecule has 1 saturated heterocycles. The van der Waals surface area contributed by atoms with E-state index < -0.39 is 0 Å². The SMILES string of the molecule is CN(CC(C)(C)C)C(=O)c1cn2c(nc3cc(F)c(CNCC4CCOCC4)cc32)s1. The number of ether oxygens (including phenoxy) is 1. The molecule has 1 aromatic carbocycles. The van der Waals surface area contributed by atoms with Crippen molar-refractivity contribution in [1.82, 2.24) is 19.6 Å². The van der Waals surface area contributed by atoms with E-state index in [1.807, 2.05) is 23.7 Å². The van der Waals surface area contributed by atoms with Gasteiger partial charge in [-0.2, -0.15) is 0 Å². The van der Waals surface area contributed by atoms with E-state index in [9.17, 15) is 9.18 Å². The van der Waals surface area contributed by atoms with Gasteiger partial charge in [-0.3, -0.25) is 9.20 Å². The number of benzene rings is 1. The Morgan fingerprint density at radius 3 is 2.81 bits per heavy atom. The molecular weight excluding hydrogens is 415 g/mol. The van der Waals surface area contributed by atoms with E-state index in [1.165, 1.54) is 17.4 Å². The molecule has 1 aliphatic rings. The standard InChI is InChI=1S/C23H31FN4O2S/c1-23(2,3)14-27(4)21(29)20-13-28-19-9-16(12-25-11-15-5-7-30-8-6-15)17(24)10-18(19)26-22(28)31-20/h9-10,13,15,25H,5-8,11-12,14H2,1-4H3. The molecule has 0 radical (unpaired) electrons. The van der Waals surface area contributed by atoms with Crippen molar-refractivity contribution in [3.63, 3.8) is 0 Å². The summed E-state index contributed by atoms with van der Waals surface area (Å²) in [5.41, 5.74) is 2.08. The molecule has 0 unspecified atom stereocenters. The lowest BCUT2D eigenvalue weighted by Gasteiger charge is -2.26. The minimum absolute atomic E-state index is 0.0148. The Kier molecular flexibility index (Phi) is 6.32. The van der Waals surface area contributed by atoms with Crippen LogP contribution in [-0.2, 0) is 11.3 Å². The quantitative estimate of drug-likeness (QED) is 0.613. The van der Waals surface area contributed by atoms with Crippen LogP contribution >= 0.6 is 11.3 Å². The molecule has 0 aliphatic carbocycles. The van der Waals surface area contributed by atoms with Gasteiger partial charge in [-0.05, 0) is 36.8 Å². The summed E-state index contributed by atoms with van der Waals surface area (Å²) in [5.74, 6) is 0.315. The molecule has 0 spiro atoms. The van der Waals surface area contributed by atoms with E-state index in [4.69, 9.17) is 4.74 Å². The van der Waals surface area contributed by atoms with E-state index in [2.05, 4.69) is 31.1 Å². The Morgan fingerprint density at radius 1 is 1.35 bits per heavy atom. The van der Waals surface area contributed by atoms with Crippen LogP contribution < -0.4 is 5.32 Å². The first-order valence-corrected chi connectivity index (χ1v) is 11.7. The maximum atomic E-state index is 14.6. The molecular formula is C23H31FN4O2S. The predicted octanol–water partition coefficient (Wildman–Crippen LogP) is 4.32. The van der Waals surface area contributed by atoms with E-state index >= 15 is 0 Å². The molecule has 0 bridgehead atoms. The molecule has 8 heteroatoms. The summed E-state index contributed by atoms with van der Waals surface area (Å²) in [6, 6.07) is 3.34. The summed E-state index contributed by atoms with van der Waals surface area (Å²) in [6.45, 7) is 9.94. The van der Waals surface area contributed by atoms with Crippen molar-refractivity contribution in [3.8, 4) is 0 Å². The summed E-state index contributed by atoms with van der Waals surface area (Å²) in [7, 11) is 1.83. The van der Waals surface area contributed by atoms with E-state index in [0.29, 0.717) is 39.9 Å². The second-order valence-electron chi connectivity index (χ2n) is 9.70. The molecule has 1 aliphatic heterocycles.